The SMILES string of the molecule is CC(OC(=O)c1ccc2noc(-c3ccccc3)c2c1)C(=O)NC(C)(C)C. The van der Waals surface area contributed by atoms with Gasteiger partial charge < -0.3 is 14.6 Å². The first-order chi connectivity index (χ1) is 12.7. The van der Waals surface area contributed by atoms with Crippen LogP contribution in [0.4, 0.5) is 0 Å². The Kier molecular flexibility index (Phi) is 4.99. The number of esters is 1. The zero-order chi connectivity index (χ0) is 19.6. The maximum Gasteiger partial charge on any atom is 0.338 e. The number of carbonyl (C=O) groups is 2. The second-order valence-electron chi connectivity index (χ2n) is 7.40. The van der Waals surface area contributed by atoms with Crippen LogP contribution >= 0.6 is 0 Å². The van der Waals surface area contributed by atoms with Crippen molar-refractivity contribution in [3.63, 3.8) is 0 Å². The lowest BCUT2D eigenvalue weighted by molar-refractivity contribution is -0.130. The Morgan fingerprint density at radius 3 is 2.48 bits per heavy atom. The molecule has 0 spiro atoms. The fourth-order valence-corrected chi connectivity index (χ4v) is 2.62. The van der Waals surface area contributed by atoms with Crippen molar-refractivity contribution in [2.24, 2.45) is 0 Å². The Labute approximate surface area is 157 Å². The molecule has 27 heavy (non-hydrogen) atoms. The number of nitrogens with zero attached hydrogens (tertiary/aromatic N) is 1. The molecule has 1 unspecified atom stereocenters. The Morgan fingerprint density at radius 2 is 1.81 bits per heavy atom. The molecule has 0 aliphatic carbocycles. The van der Waals surface area contributed by atoms with Gasteiger partial charge in [0.15, 0.2) is 11.9 Å². The summed E-state index contributed by atoms with van der Waals surface area (Å²) in [5, 5.41) is 7.53. The van der Waals surface area contributed by atoms with E-state index in [1.807, 2.05) is 51.1 Å². The quantitative estimate of drug-likeness (QED) is 0.707. The molecule has 1 atom stereocenters. The molecule has 140 valence electrons. The van der Waals surface area contributed by atoms with Crippen molar-refractivity contribution >= 4 is 22.8 Å². The smallest absolute Gasteiger partial charge is 0.338 e. The predicted molar refractivity (Wildman–Crippen MR) is 102 cm³/mol. The molecular formula is C21H22N2O4. The van der Waals surface area contributed by atoms with Gasteiger partial charge in [0.2, 0.25) is 0 Å². The molecule has 2 aromatic carbocycles. The molecule has 0 fully saturated rings. The molecule has 0 saturated heterocycles. The van der Waals surface area contributed by atoms with Crippen LogP contribution in [0, 0.1) is 0 Å². The number of benzene rings is 2. The van der Waals surface area contributed by atoms with Gasteiger partial charge in [-0.2, -0.15) is 0 Å². The van der Waals surface area contributed by atoms with Crippen LogP contribution in [-0.2, 0) is 9.53 Å². The van der Waals surface area contributed by atoms with Crippen molar-refractivity contribution in [3.8, 4) is 11.3 Å². The van der Waals surface area contributed by atoms with Gasteiger partial charge in [0.25, 0.3) is 5.91 Å². The summed E-state index contributed by atoms with van der Waals surface area (Å²) in [5.74, 6) is -0.334. The van der Waals surface area contributed by atoms with Gasteiger partial charge in [-0.15, -0.1) is 0 Å². The molecule has 0 radical (unpaired) electrons. The van der Waals surface area contributed by atoms with E-state index < -0.39 is 17.6 Å². The number of nitrogens with one attached hydrogen (secondary N) is 1. The number of fused-ring (bicyclic) bond motifs is 1. The van der Waals surface area contributed by atoms with E-state index in [0.717, 1.165) is 5.56 Å². The average Bonchev–Trinajstić information content (AvgIpc) is 3.04. The number of hydrogen-bond acceptors (Lipinski definition) is 5. The highest BCUT2D eigenvalue weighted by molar-refractivity contribution is 5.99. The van der Waals surface area contributed by atoms with Gasteiger partial charge in [0.05, 0.1) is 10.9 Å². The third-order valence-corrected chi connectivity index (χ3v) is 3.90. The Bertz CT molecular complexity index is 971. The molecule has 1 heterocycles. The van der Waals surface area contributed by atoms with Crippen molar-refractivity contribution < 1.29 is 18.8 Å². The second-order valence-corrected chi connectivity index (χ2v) is 7.40. The molecule has 1 aromatic heterocycles. The number of rotatable bonds is 4. The molecule has 3 rings (SSSR count). The molecule has 6 nitrogen and oxygen atoms in total. The summed E-state index contributed by atoms with van der Waals surface area (Å²) in [4.78, 5) is 24.6. The molecule has 0 bridgehead atoms. The second kappa shape index (κ2) is 7.23. The van der Waals surface area contributed by atoms with Crippen LogP contribution < -0.4 is 5.32 Å². The molecule has 6 heteroatoms. The van der Waals surface area contributed by atoms with Crippen molar-refractivity contribution in [1.29, 1.82) is 0 Å². The summed E-state index contributed by atoms with van der Waals surface area (Å²) in [6, 6.07) is 14.5. The van der Waals surface area contributed by atoms with E-state index in [-0.39, 0.29) is 5.91 Å². The minimum absolute atomic E-state index is 0.332. The van der Waals surface area contributed by atoms with Crippen LogP contribution in [0.5, 0.6) is 0 Å². The van der Waals surface area contributed by atoms with E-state index >= 15 is 0 Å². The van der Waals surface area contributed by atoms with Gasteiger partial charge >= 0.3 is 5.97 Å². The maximum absolute atomic E-state index is 12.5. The molecule has 0 aliphatic rings. The van der Waals surface area contributed by atoms with E-state index in [4.69, 9.17) is 9.26 Å². The van der Waals surface area contributed by atoms with E-state index in [9.17, 15) is 9.59 Å². The summed E-state index contributed by atoms with van der Waals surface area (Å²) in [6.07, 6.45) is -0.900. The fourth-order valence-electron chi connectivity index (χ4n) is 2.62. The normalized spacial score (nSPS) is 12.6. The summed E-state index contributed by atoms with van der Waals surface area (Å²) < 4.78 is 10.8. The first-order valence-corrected chi connectivity index (χ1v) is 8.72. The summed E-state index contributed by atoms with van der Waals surface area (Å²) >= 11 is 0. The summed E-state index contributed by atoms with van der Waals surface area (Å²) in [7, 11) is 0. The zero-order valence-corrected chi connectivity index (χ0v) is 15.8. The highest BCUT2D eigenvalue weighted by Crippen LogP contribution is 2.29. The van der Waals surface area contributed by atoms with Crippen LogP contribution in [0.1, 0.15) is 38.1 Å². The Morgan fingerprint density at radius 1 is 1.11 bits per heavy atom. The molecular weight excluding hydrogens is 344 g/mol. The fraction of sp³-hybridized carbons (Fsp3) is 0.286. The number of hydrogen-bond donors (Lipinski definition) is 1. The highest BCUT2D eigenvalue weighted by Gasteiger charge is 2.23. The third kappa shape index (κ3) is 4.34. The summed E-state index contributed by atoms with van der Waals surface area (Å²) in [5.41, 5.74) is 1.44. The van der Waals surface area contributed by atoms with E-state index in [1.54, 1.807) is 25.1 Å². The van der Waals surface area contributed by atoms with Crippen molar-refractivity contribution in [3.05, 3.63) is 54.1 Å². The summed E-state index contributed by atoms with van der Waals surface area (Å²) in [6.45, 7) is 7.14. The highest BCUT2D eigenvalue weighted by atomic mass is 16.5. The minimum atomic E-state index is -0.900. The van der Waals surface area contributed by atoms with Gasteiger partial charge in [-0.05, 0) is 45.9 Å². The van der Waals surface area contributed by atoms with Crippen molar-refractivity contribution in [1.82, 2.24) is 10.5 Å². The minimum Gasteiger partial charge on any atom is -0.449 e. The maximum atomic E-state index is 12.5. The molecule has 1 amide bonds. The molecule has 3 aromatic rings. The topological polar surface area (TPSA) is 81.4 Å². The zero-order valence-electron chi connectivity index (χ0n) is 15.8. The van der Waals surface area contributed by atoms with Gasteiger partial charge in [0, 0.05) is 11.1 Å². The molecule has 0 aliphatic heterocycles. The van der Waals surface area contributed by atoms with Gasteiger partial charge in [-0.25, -0.2) is 4.79 Å². The number of aromatic nitrogens is 1. The van der Waals surface area contributed by atoms with Crippen LogP contribution in [0.2, 0.25) is 0 Å². The third-order valence-electron chi connectivity index (χ3n) is 3.90. The standard InChI is InChI=1S/C21H22N2O4/c1-13(19(24)22-21(2,3)4)26-20(25)15-10-11-17-16(12-15)18(27-23-17)14-8-6-5-7-9-14/h5-13H,1-4H3,(H,22,24). The number of ether oxygens (including phenoxy) is 1. The predicted octanol–water partition coefficient (Wildman–Crippen LogP) is 3.95. The van der Waals surface area contributed by atoms with E-state index in [0.29, 0.717) is 22.2 Å². The lowest BCUT2D eigenvalue weighted by Gasteiger charge is -2.23. The lowest BCUT2D eigenvalue weighted by atomic mass is 10.1. The van der Waals surface area contributed by atoms with E-state index in [2.05, 4.69) is 10.5 Å². The van der Waals surface area contributed by atoms with Gasteiger partial charge in [0.1, 0.15) is 5.52 Å². The molecule has 1 N–H and O–H groups in total. The number of carbonyl (C=O) groups excluding carboxylic acids is 2. The molecule has 0 saturated carbocycles. The van der Waals surface area contributed by atoms with Crippen LogP contribution in [0.25, 0.3) is 22.2 Å². The first kappa shape index (κ1) is 18.6. The number of amides is 1. The van der Waals surface area contributed by atoms with Crippen molar-refractivity contribution in [2.75, 3.05) is 0 Å². The van der Waals surface area contributed by atoms with Crippen LogP contribution in [0.15, 0.2) is 53.1 Å². The lowest BCUT2D eigenvalue weighted by Crippen LogP contribution is -2.46. The van der Waals surface area contributed by atoms with Gasteiger partial charge in [-0.1, -0.05) is 35.5 Å². The van der Waals surface area contributed by atoms with Crippen LogP contribution in [0.3, 0.4) is 0 Å². The largest absolute Gasteiger partial charge is 0.449 e. The first-order valence-electron chi connectivity index (χ1n) is 8.72. The van der Waals surface area contributed by atoms with Gasteiger partial charge in [-0.3, -0.25) is 4.79 Å². The van der Waals surface area contributed by atoms with Crippen molar-refractivity contribution in [2.45, 2.75) is 39.3 Å². The van der Waals surface area contributed by atoms with E-state index in [1.165, 1.54) is 0 Å². The van der Waals surface area contributed by atoms with Crippen LogP contribution in [-0.4, -0.2) is 28.7 Å². The average molecular weight is 366 g/mol. The monoisotopic (exact) mass is 366 g/mol. The Hall–Kier alpha value is -3.15. The Balaban J connectivity index is 1.82.